The number of benzene rings is 3. The zero-order valence-electron chi connectivity index (χ0n) is 23.0. The Hall–Kier alpha value is -3.36. The Morgan fingerprint density at radius 3 is 2.08 bits per heavy atom. The van der Waals surface area contributed by atoms with Crippen LogP contribution in [-0.2, 0) is 26.2 Å². The van der Waals surface area contributed by atoms with Crippen LogP contribution in [0.4, 0.5) is 5.69 Å². The molecule has 0 aliphatic carbocycles. The number of hydrogen-bond acceptors (Lipinski definition) is 4. The Morgan fingerprint density at radius 2 is 1.54 bits per heavy atom. The number of nitrogens with one attached hydrogen (secondary N) is 1. The number of anilines is 1. The summed E-state index contributed by atoms with van der Waals surface area (Å²) in [7, 11) is -4.14. The van der Waals surface area contributed by atoms with Crippen molar-refractivity contribution in [2.24, 2.45) is 0 Å². The number of carbonyl (C=O) groups is 2. The highest BCUT2D eigenvalue weighted by molar-refractivity contribution is 7.92. The van der Waals surface area contributed by atoms with Gasteiger partial charge in [-0.1, -0.05) is 73.1 Å². The van der Waals surface area contributed by atoms with Gasteiger partial charge in [0.05, 0.1) is 10.6 Å². The van der Waals surface area contributed by atoms with E-state index in [1.165, 1.54) is 23.1 Å². The smallest absolute Gasteiger partial charge is 0.264 e. The second-order valence-electron chi connectivity index (χ2n) is 10.4. The Morgan fingerprint density at radius 1 is 0.949 bits per heavy atom. The van der Waals surface area contributed by atoms with Gasteiger partial charge in [-0.15, -0.1) is 0 Å². The first kappa shape index (κ1) is 30.2. The summed E-state index contributed by atoms with van der Waals surface area (Å²) in [6.07, 6.45) is 0.349. The van der Waals surface area contributed by atoms with Gasteiger partial charge in [0.2, 0.25) is 11.8 Å². The van der Waals surface area contributed by atoms with Crippen LogP contribution in [0.5, 0.6) is 0 Å². The number of hydrogen-bond donors (Lipinski definition) is 1. The molecule has 1 unspecified atom stereocenters. The first-order chi connectivity index (χ1) is 18.3. The van der Waals surface area contributed by atoms with Gasteiger partial charge < -0.3 is 10.2 Å². The lowest BCUT2D eigenvalue weighted by Crippen LogP contribution is -2.55. The highest BCUT2D eigenvalue weighted by Gasteiger charge is 2.34. The average molecular weight is 570 g/mol. The van der Waals surface area contributed by atoms with Gasteiger partial charge in [0.15, 0.2) is 0 Å². The van der Waals surface area contributed by atoms with Crippen molar-refractivity contribution >= 4 is 39.1 Å². The van der Waals surface area contributed by atoms with Gasteiger partial charge in [-0.25, -0.2) is 8.42 Å². The lowest BCUT2D eigenvalue weighted by molar-refractivity contribution is -0.141. The standard InChI is InChI=1S/C30H36ClN3O4S/c1-6-27(29(36)32-30(3,4)5)33(20-23-13-9-7-10-14-23)28(35)21-34(24-18-17-22(2)26(31)19-24)39(37,38)25-15-11-8-12-16-25/h7-19,27H,6,20-21H2,1-5H3,(H,32,36). The predicted octanol–water partition coefficient (Wildman–Crippen LogP) is 5.57. The molecule has 3 aromatic carbocycles. The van der Waals surface area contributed by atoms with E-state index in [4.69, 9.17) is 11.6 Å². The van der Waals surface area contributed by atoms with E-state index in [0.29, 0.717) is 11.4 Å². The third kappa shape index (κ3) is 7.83. The molecule has 3 aromatic rings. The van der Waals surface area contributed by atoms with Crippen LogP contribution in [0.1, 0.15) is 45.2 Å². The maximum absolute atomic E-state index is 14.0. The van der Waals surface area contributed by atoms with E-state index in [1.807, 2.05) is 65.0 Å². The highest BCUT2D eigenvalue weighted by Crippen LogP contribution is 2.28. The SMILES string of the molecule is CCC(C(=O)NC(C)(C)C)N(Cc1ccccc1)C(=O)CN(c1ccc(C)c(Cl)c1)S(=O)(=O)c1ccccc1. The van der Waals surface area contributed by atoms with Crippen LogP contribution < -0.4 is 9.62 Å². The molecule has 1 N–H and O–H groups in total. The van der Waals surface area contributed by atoms with Crippen LogP contribution in [-0.4, -0.2) is 43.3 Å². The normalized spacial score (nSPS) is 12.5. The summed E-state index contributed by atoms with van der Waals surface area (Å²) in [5.74, 6) is -0.809. The quantitative estimate of drug-likeness (QED) is 0.346. The fourth-order valence-corrected chi connectivity index (χ4v) is 5.74. The fraction of sp³-hybridized carbons (Fsp3) is 0.333. The van der Waals surface area contributed by atoms with Crippen molar-refractivity contribution in [3.05, 3.63) is 95.0 Å². The van der Waals surface area contributed by atoms with Gasteiger partial charge in [0.1, 0.15) is 12.6 Å². The third-order valence-electron chi connectivity index (χ3n) is 6.13. The van der Waals surface area contributed by atoms with Crippen molar-refractivity contribution in [1.82, 2.24) is 10.2 Å². The molecule has 0 heterocycles. The van der Waals surface area contributed by atoms with Crippen LogP contribution in [0, 0.1) is 6.92 Å². The molecule has 0 bridgehead atoms. The largest absolute Gasteiger partial charge is 0.350 e. The monoisotopic (exact) mass is 569 g/mol. The van der Waals surface area contributed by atoms with Gasteiger partial charge in [-0.3, -0.25) is 13.9 Å². The molecule has 208 valence electrons. The van der Waals surface area contributed by atoms with E-state index < -0.39 is 34.1 Å². The maximum Gasteiger partial charge on any atom is 0.264 e. The van der Waals surface area contributed by atoms with E-state index in [9.17, 15) is 18.0 Å². The summed E-state index contributed by atoms with van der Waals surface area (Å²) in [6.45, 7) is 8.89. The zero-order chi connectivity index (χ0) is 28.8. The van der Waals surface area contributed by atoms with Crippen molar-refractivity contribution in [2.45, 2.75) is 64.1 Å². The summed E-state index contributed by atoms with van der Waals surface area (Å²) in [4.78, 5) is 28.9. The number of sulfonamides is 1. The molecule has 0 saturated heterocycles. The van der Waals surface area contributed by atoms with E-state index in [-0.39, 0.29) is 23.0 Å². The Labute approximate surface area is 236 Å². The van der Waals surface area contributed by atoms with Gasteiger partial charge in [-0.2, -0.15) is 0 Å². The lowest BCUT2D eigenvalue weighted by atomic mass is 10.1. The van der Waals surface area contributed by atoms with Crippen molar-refractivity contribution < 1.29 is 18.0 Å². The molecule has 0 saturated carbocycles. The lowest BCUT2D eigenvalue weighted by Gasteiger charge is -2.34. The van der Waals surface area contributed by atoms with Gasteiger partial charge >= 0.3 is 0 Å². The molecule has 3 rings (SSSR count). The van der Waals surface area contributed by atoms with Crippen LogP contribution in [0.3, 0.4) is 0 Å². The van der Waals surface area contributed by atoms with Crippen molar-refractivity contribution in [1.29, 1.82) is 0 Å². The van der Waals surface area contributed by atoms with Crippen molar-refractivity contribution in [3.8, 4) is 0 Å². The van der Waals surface area contributed by atoms with E-state index in [2.05, 4.69) is 5.32 Å². The predicted molar refractivity (Wildman–Crippen MR) is 156 cm³/mol. The van der Waals surface area contributed by atoms with Gasteiger partial charge in [0.25, 0.3) is 10.0 Å². The van der Waals surface area contributed by atoms with E-state index in [0.717, 1.165) is 15.4 Å². The topological polar surface area (TPSA) is 86.8 Å². The number of rotatable bonds is 10. The summed E-state index contributed by atoms with van der Waals surface area (Å²) in [5, 5.41) is 3.34. The zero-order valence-corrected chi connectivity index (χ0v) is 24.6. The molecule has 0 aliphatic heterocycles. The maximum atomic E-state index is 14.0. The molecule has 0 fully saturated rings. The molecule has 7 nitrogen and oxygen atoms in total. The first-order valence-corrected chi connectivity index (χ1v) is 14.6. The summed E-state index contributed by atoms with van der Waals surface area (Å²) in [6, 6.07) is 21.3. The minimum atomic E-state index is -4.14. The van der Waals surface area contributed by atoms with Crippen LogP contribution in [0.25, 0.3) is 0 Å². The average Bonchev–Trinajstić information content (AvgIpc) is 2.88. The molecule has 2 amide bonds. The van der Waals surface area contributed by atoms with E-state index >= 15 is 0 Å². The number of halogens is 1. The number of aryl methyl sites for hydroxylation is 1. The Balaban J connectivity index is 2.07. The second kappa shape index (κ2) is 12.7. The van der Waals surface area contributed by atoms with Crippen molar-refractivity contribution in [2.75, 3.05) is 10.8 Å². The highest BCUT2D eigenvalue weighted by atomic mass is 35.5. The van der Waals surface area contributed by atoms with Crippen LogP contribution in [0.15, 0.2) is 83.8 Å². The van der Waals surface area contributed by atoms with Crippen LogP contribution >= 0.6 is 11.6 Å². The number of nitrogens with zero attached hydrogens (tertiary/aromatic N) is 2. The Kier molecular flexibility index (Phi) is 9.80. The summed E-state index contributed by atoms with van der Waals surface area (Å²) >= 11 is 6.37. The summed E-state index contributed by atoms with van der Waals surface area (Å²) in [5.41, 5.74) is 1.35. The molecule has 1 atom stereocenters. The molecule has 0 aromatic heterocycles. The molecule has 0 spiro atoms. The number of carbonyl (C=O) groups excluding carboxylic acids is 2. The molecular weight excluding hydrogens is 534 g/mol. The number of amides is 2. The second-order valence-corrected chi connectivity index (χ2v) is 12.7. The van der Waals surface area contributed by atoms with Gasteiger partial charge in [0, 0.05) is 17.1 Å². The third-order valence-corrected chi connectivity index (χ3v) is 8.33. The fourth-order valence-electron chi connectivity index (χ4n) is 4.14. The Bertz CT molecular complexity index is 1390. The minimum absolute atomic E-state index is 0.0432. The molecule has 39 heavy (non-hydrogen) atoms. The van der Waals surface area contributed by atoms with Gasteiger partial charge in [-0.05, 0) is 69.5 Å². The molecule has 0 radical (unpaired) electrons. The molecular formula is C30H36ClN3O4S. The molecule has 0 aliphatic rings. The molecule has 9 heteroatoms. The summed E-state index contributed by atoms with van der Waals surface area (Å²) < 4.78 is 28.7. The first-order valence-electron chi connectivity index (χ1n) is 12.8. The minimum Gasteiger partial charge on any atom is -0.350 e. The van der Waals surface area contributed by atoms with Crippen molar-refractivity contribution in [3.63, 3.8) is 0 Å². The van der Waals surface area contributed by atoms with Crippen LogP contribution in [0.2, 0.25) is 5.02 Å². The van der Waals surface area contributed by atoms with E-state index in [1.54, 1.807) is 30.3 Å².